The standard InChI is InChI=1S/C7H14O3S/c1-5-6(2)9-11(8)10-7(5,3)4/h5-6H,1-4H3/t5-,6-,11-/m0/s1. The van der Waals surface area contributed by atoms with Crippen LogP contribution in [0, 0.1) is 5.92 Å². The lowest BCUT2D eigenvalue weighted by molar-refractivity contribution is -0.0425. The van der Waals surface area contributed by atoms with E-state index in [1.165, 1.54) is 0 Å². The Morgan fingerprint density at radius 2 is 1.91 bits per heavy atom. The van der Waals surface area contributed by atoms with Crippen molar-refractivity contribution in [2.45, 2.75) is 39.4 Å². The van der Waals surface area contributed by atoms with Crippen LogP contribution in [0.1, 0.15) is 27.7 Å². The Balaban J connectivity index is 2.75. The fourth-order valence-electron chi connectivity index (χ4n) is 1.04. The third-order valence-electron chi connectivity index (χ3n) is 2.31. The van der Waals surface area contributed by atoms with Crippen LogP contribution in [0.5, 0.6) is 0 Å². The van der Waals surface area contributed by atoms with E-state index >= 15 is 0 Å². The highest BCUT2D eigenvalue weighted by molar-refractivity contribution is 7.75. The van der Waals surface area contributed by atoms with Crippen molar-refractivity contribution < 1.29 is 12.6 Å². The molecular weight excluding hydrogens is 164 g/mol. The maximum absolute atomic E-state index is 10.9. The van der Waals surface area contributed by atoms with Crippen LogP contribution in [0.2, 0.25) is 0 Å². The minimum absolute atomic E-state index is 0.000386. The van der Waals surface area contributed by atoms with Gasteiger partial charge in [-0.15, -0.1) is 0 Å². The van der Waals surface area contributed by atoms with Gasteiger partial charge in [-0.25, -0.2) is 0 Å². The Morgan fingerprint density at radius 3 is 2.36 bits per heavy atom. The number of rotatable bonds is 0. The molecule has 1 fully saturated rings. The predicted octanol–water partition coefficient (Wildman–Crippen LogP) is 1.42. The summed E-state index contributed by atoms with van der Waals surface area (Å²) in [6.07, 6.45) is -0.000386. The summed E-state index contributed by atoms with van der Waals surface area (Å²) >= 11 is -1.56. The van der Waals surface area contributed by atoms with Crippen LogP contribution in [-0.2, 0) is 19.7 Å². The van der Waals surface area contributed by atoms with Gasteiger partial charge in [0, 0.05) is 5.92 Å². The molecule has 11 heavy (non-hydrogen) atoms. The van der Waals surface area contributed by atoms with Crippen molar-refractivity contribution in [3.8, 4) is 0 Å². The first-order valence-corrected chi connectivity index (χ1v) is 4.72. The molecule has 4 heteroatoms. The third kappa shape index (κ3) is 1.80. The van der Waals surface area contributed by atoms with Crippen molar-refractivity contribution in [3.63, 3.8) is 0 Å². The topological polar surface area (TPSA) is 35.5 Å². The molecule has 0 N–H and O–H groups in total. The summed E-state index contributed by atoms with van der Waals surface area (Å²) in [5, 5.41) is 0. The van der Waals surface area contributed by atoms with Crippen LogP contribution in [-0.4, -0.2) is 15.9 Å². The van der Waals surface area contributed by atoms with Gasteiger partial charge in [0.05, 0.1) is 11.7 Å². The van der Waals surface area contributed by atoms with Gasteiger partial charge in [0.2, 0.25) is 0 Å². The highest BCUT2D eigenvalue weighted by Crippen LogP contribution is 2.31. The largest absolute Gasteiger partial charge is 0.305 e. The summed E-state index contributed by atoms with van der Waals surface area (Å²) in [6, 6.07) is 0. The molecule has 0 radical (unpaired) electrons. The molecule has 1 aliphatic heterocycles. The number of hydrogen-bond donors (Lipinski definition) is 0. The van der Waals surface area contributed by atoms with Crippen molar-refractivity contribution in [3.05, 3.63) is 0 Å². The van der Waals surface area contributed by atoms with Gasteiger partial charge < -0.3 is 0 Å². The monoisotopic (exact) mass is 178 g/mol. The molecule has 1 saturated heterocycles. The van der Waals surface area contributed by atoms with Crippen LogP contribution in [0.25, 0.3) is 0 Å². The second-order valence-electron chi connectivity index (χ2n) is 3.48. The zero-order chi connectivity index (χ0) is 8.65. The minimum Gasteiger partial charge on any atom is -0.265 e. The zero-order valence-corrected chi connectivity index (χ0v) is 8.10. The fourth-order valence-corrected chi connectivity index (χ4v) is 2.00. The van der Waals surface area contributed by atoms with Crippen LogP contribution in [0.4, 0.5) is 0 Å². The molecule has 66 valence electrons. The maximum Gasteiger partial charge on any atom is 0.305 e. The smallest absolute Gasteiger partial charge is 0.265 e. The first-order valence-electron chi connectivity index (χ1n) is 3.72. The summed E-state index contributed by atoms with van der Waals surface area (Å²) in [6.45, 7) is 7.79. The maximum atomic E-state index is 10.9. The van der Waals surface area contributed by atoms with Gasteiger partial charge in [-0.05, 0) is 20.8 Å². The predicted molar refractivity (Wildman–Crippen MR) is 43.0 cm³/mol. The zero-order valence-electron chi connectivity index (χ0n) is 7.29. The molecule has 3 nitrogen and oxygen atoms in total. The van der Waals surface area contributed by atoms with E-state index < -0.39 is 11.4 Å². The molecule has 0 bridgehead atoms. The average Bonchev–Trinajstić information content (AvgIpc) is 1.81. The second kappa shape index (κ2) is 2.84. The van der Waals surface area contributed by atoms with E-state index in [4.69, 9.17) is 8.37 Å². The van der Waals surface area contributed by atoms with Gasteiger partial charge in [0.1, 0.15) is 0 Å². The van der Waals surface area contributed by atoms with Crippen LogP contribution in [0.3, 0.4) is 0 Å². The molecule has 0 aromatic heterocycles. The quantitative estimate of drug-likeness (QED) is 0.562. The molecule has 1 aliphatic rings. The van der Waals surface area contributed by atoms with Crippen molar-refractivity contribution in [2.24, 2.45) is 5.92 Å². The van der Waals surface area contributed by atoms with Gasteiger partial charge in [0.15, 0.2) is 0 Å². The van der Waals surface area contributed by atoms with Gasteiger partial charge in [0.25, 0.3) is 0 Å². The molecule has 0 amide bonds. The Kier molecular flexibility index (Phi) is 2.37. The fraction of sp³-hybridized carbons (Fsp3) is 1.00. The van der Waals surface area contributed by atoms with Crippen molar-refractivity contribution in [1.29, 1.82) is 0 Å². The van der Waals surface area contributed by atoms with E-state index in [-0.39, 0.29) is 17.6 Å². The number of hydrogen-bond acceptors (Lipinski definition) is 3. The van der Waals surface area contributed by atoms with E-state index in [1.54, 1.807) is 0 Å². The normalized spacial score (nSPS) is 43.8. The highest BCUT2D eigenvalue weighted by atomic mass is 32.2. The molecule has 0 aromatic rings. The molecule has 3 atom stereocenters. The summed E-state index contributed by atoms with van der Waals surface area (Å²) in [7, 11) is 0. The molecule has 0 unspecified atom stereocenters. The van der Waals surface area contributed by atoms with E-state index in [1.807, 2.05) is 27.7 Å². The molecule has 0 aromatic carbocycles. The van der Waals surface area contributed by atoms with Crippen molar-refractivity contribution in [2.75, 3.05) is 0 Å². The molecular formula is C7H14O3S. The SMILES string of the molecule is C[C@@H]1O[S@](=O)OC(C)(C)[C@H]1C. The van der Waals surface area contributed by atoms with Gasteiger partial charge in [-0.3, -0.25) is 8.37 Å². The molecule has 0 saturated carbocycles. The van der Waals surface area contributed by atoms with Crippen molar-refractivity contribution in [1.82, 2.24) is 0 Å². The Hall–Kier alpha value is 0.0700. The van der Waals surface area contributed by atoms with E-state index in [0.717, 1.165) is 0 Å². The lowest BCUT2D eigenvalue weighted by atomic mass is 9.89. The Labute approximate surface area is 69.9 Å². The van der Waals surface area contributed by atoms with Gasteiger partial charge >= 0.3 is 11.4 Å². The molecule has 0 spiro atoms. The molecule has 1 rings (SSSR count). The van der Waals surface area contributed by atoms with Crippen molar-refractivity contribution >= 4 is 11.4 Å². The van der Waals surface area contributed by atoms with Crippen LogP contribution >= 0.6 is 0 Å². The second-order valence-corrected chi connectivity index (χ2v) is 4.25. The lowest BCUT2D eigenvalue weighted by Crippen LogP contribution is -2.45. The van der Waals surface area contributed by atoms with E-state index in [9.17, 15) is 4.21 Å². The summed E-state index contributed by atoms with van der Waals surface area (Å²) < 4.78 is 21.0. The summed E-state index contributed by atoms with van der Waals surface area (Å²) in [4.78, 5) is 0. The van der Waals surface area contributed by atoms with E-state index in [2.05, 4.69) is 0 Å². The third-order valence-corrected chi connectivity index (χ3v) is 3.34. The van der Waals surface area contributed by atoms with E-state index in [0.29, 0.717) is 0 Å². The Bertz CT molecular complexity index is 179. The lowest BCUT2D eigenvalue weighted by Gasteiger charge is -2.38. The minimum atomic E-state index is -1.56. The first-order chi connectivity index (χ1) is 4.93. The highest BCUT2D eigenvalue weighted by Gasteiger charge is 2.39. The van der Waals surface area contributed by atoms with Crippen LogP contribution < -0.4 is 0 Å². The molecule has 0 aliphatic carbocycles. The Morgan fingerprint density at radius 1 is 1.36 bits per heavy atom. The summed E-state index contributed by atoms with van der Waals surface area (Å²) in [5.74, 6) is 0.264. The van der Waals surface area contributed by atoms with Crippen LogP contribution in [0.15, 0.2) is 0 Å². The summed E-state index contributed by atoms with van der Waals surface area (Å²) in [5.41, 5.74) is -0.345. The van der Waals surface area contributed by atoms with Gasteiger partial charge in [-0.1, -0.05) is 6.92 Å². The average molecular weight is 178 g/mol. The van der Waals surface area contributed by atoms with Gasteiger partial charge in [-0.2, -0.15) is 4.21 Å². The molecule has 1 heterocycles. The first kappa shape index (κ1) is 9.16.